The first-order valence-corrected chi connectivity index (χ1v) is 7.68. The molecule has 2 unspecified atom stereocenters. The Morgan fingerprint density at radius 1 is 1.52 bits per heavy atom. The van der Waals surface area contributed by atoms with Gasteiger partial charge in [-0.15, -0.1) is 0 Å². The molecule has 1 aromatic carbocycles. The van der Waals surface area contributed by atoms with Gasteiger partial charge in [-0.3, -0.25) is 10.1 Å². The summed E-state index contributed by atoms with van der Waals surface area (Å²) in [6.45, 7) is 3.80. The standard InChI is InChI=1S/C17H25NO3/c1-4-10-17(2,16(19)20)18-15-7-5-6-12-11-13(21-3)8-9-14(12)15/h8-9,11,15,18H,4-7,10H2,1-3H3,(H,19,20). The summed E-state index contributed by atoms with van der Waals surface area (Å²) < 4.78 is 5.28. The molecule has 0 aliphatic heterocycles. The number of aryl methyl sites for hydroxylation is 1. The average molecular weight is 291 g/mol. The van der Waals surface area contributed by atoms with Crippen LogP contribution in [0.15, 0.2) is 18.2 Å². The Hall–Kier alpha value is -1.55. The van der Waals surface area contributed by atoms with Gasteiger partial charge in [-0.1, -0.05) is 19.4 Å². The smallest absolute Gasteiger partial charge is 0.323 e. The van der Waals surface area contributed by atoms with Gasteiger partial charge in [0, 0.05) is 6.04 Å². The number of fused-ring (bicyclic) bond motifs is 1. The van der Waals surface area contributed by atoms with E-state index in [1.165, 1.54) is 11.1 Å². The van der Waals surface area contributed by atoms with E-state index in [1.807, 2.05) is 13.0 Å². The zero-order valence-electron chi connectivity index (χ0n) is 13.1. The lowest BCUT2D eigenvalue weighted by molar-refractivity contribution is -0.145. The quantitative estimate of drug-likeness (QED) is 0.844. The van der Waals surface area contributed by atoms with E-state index in [1.54, 1.807) is 14.0 Å². The van der Waals surface area contributed by atoms with Gasteiger partial charge in [-0.2, -0.15) is 0 Å². The van der Waals surface area contributed by atoms with E-state index in [2.05, 4.69) is 17.4 Å². The lowest BCUT2D eigenvalue weighted by Crippen LogP contribution is -2.51. The summed E-state index contributed by atoms with van der Waals surface area (Å²) in [5.41, 5.74) is 1.61. The summed E-state index contributed by atoms with van der Waals surface area (Å²) in [5.74, 6) is 0.0916. The number of hydrogen-bond acceptors (Lipinski definition) is 3. The van der Waals surface area contributed by atoms with E-state index >= 15 is 0 Å². The molecule has 0 spiro atoms. The second kappa shape index (κ2) is 6.48. The minimum absolute atomic E-state index is 0.104. The Balaban J connectivity index is 2.25. The highest BCUT2D eigenvalue weighted by atomic mass is 16.5. The third-order valence-corrected chi connectivity index (χ3v) is 4.38. The fourth-order valence-corrected chi connectivity index (χ4v) is 3.19. The van der Waals surface area contributed by atoms with Crippen molar-refractivity contribution in [3.05, 3.63) is 29.3 Å². The Morgan fingerprint density at radius 2 is 2.29 bits per heavy atom. The molecule has 0 saturated carbocycles. The summed E-state index contributed by atoms with van der Waals surface area (Å²) in [6.07, 6.45) is 4.55. The minimum Gasteiger partial charge on any atom is -0.497 e. The van der Waals surface area contributed by atoms with Gasteiger partial charge >= 0.3 is 5.97 Å². The molecule has 0 radical (unpaired) electrons. The van der Waals surface area contributed by atoms with Crippen LogP contribution in [0.4, 0.5) is 0 Å². The lowest BCUT2D eigenvalue weighted by atomic mass is 9.85. The number of methoxy groups -OCH3 is 1. The predicted octanol–water partition coefficient (Wildman–Crippen LogP) is 3.31. The van der Waals surface area contributed by atoms with Crippen molar-refractivity contribution in [2.75, 3.05) is 7.11 Å². The van der Waals surface area contributed by atoms with E-state index in [0.29, 0.717) is 6.42 Å². The molecule has 2 atom stereocenters. The molecule has 4 nitrogen and oxygen atoms in total. The molecule has 21 heavy (non-hydrogen) atoms. The zero-order chi connectivity index (χ0) is 15.5. The number of carboxylic acid groups (broad SMARTS) is 1. The van der Waals surface area contributed by atoms with E-state index in [9.17, 15) is 9.90 Å². The topological polar surface area (TPSA) is 58.6 Å². The molecule has 1 aliphatic carbocycles. The fourth-order valence-electron chi connectivity index (χ4n) is 3.19. The van der Waals surface area contributed by atoms with Gasteiger partial charge in [0.1, 0.15) is 11.3 Å². The van der Waals surface area contributed by atoms with Crippen LogP contribution < -0.4 is 10.1 Å². The van der Waals surface area contributed by atoms with Gasteiger partial charge < -0.3 is 9.84 Å². The molecule has 0 fully saturated rings. The Kier molecular flexibility index (Phi) is 4.88. The van der Waals surface area contributed by atoms with Crippen molar-refractivity contribution < 1.29 is 14.6 Å². The number of carboxylic acids is 1. The van der Waals surface area contributed by atoms with E-state index < -0.39 is 11.5 Å². The van der Waals surface area contributed by atoms with Gasteiger partial charge in [0.25, 0.3) is 0 Å². The third-order valence-electron chi connectivity index (χ3n) is 4.38. The monoisotopic (exact) mass is 291 g/mol. The van der Waals surface area contributed by atoms with E-state index in [0.717, 1.165) is 31.4 Å². The first kappa shape index (κ1) is 15.8. The van der Waals surface area contributed by atoms with Crippen LogP contribution in [-0.4, -0.2) is 23.7 Å². The van der Waals surface area contributed by atoms with Crippen molar-refractivity contribution in [1.82, 2.24) is 5.32 Å². The van der Waals surface area contributed by atoms with Crippen LogP contribution in [0.25, 0.3) is 0 Å². The number of hydrogen-bond donors (Lipinski definition) is 2. The number of carbonyl (C=O) groups is 1. The summed E-state index contributed by atoms with van der Waals surface area (Å²) in [4.78, 5) is 11.6. The molecule has 2 rings (SSSR count). The van der Waals surface area contributed by atoms with Crippen LogP contribution in [0.3, 0.4) is 0 Å². The first-order valence-electron chi connectivity index (χ1n) is 7.68. The largest absolute Gasteiger partial charge is 0.497 e. The average Bonchev–Trinajstić information content (AvgIpc) is 2.47. The van der Waals surface area contributed by atoms with Crippen LogP contribution in [0.5, 0.6) is 5.75 Å². The molecule has 0 saturated heterocycles. The van der Waals surface area contributed by atoms with Crippen molar-refractivity contribution in [3.8, 4) is 5.75 Å². The molecule has 1 aromatic rings. The van der Waals surface area contributed by atoms with Crippen molar-refractivity contribution in [2.45, 2.75) is 57.5 Å². The molecular formula is C17H25NO3. The molecule has 0 bridgehead atoms. The molecule has 0 heterocycles. The summed E-state index contributed by atoms with van der Waals surface area (Å²) in [7, 11) is 1.67. The number of benzene rings is 1. The Bertz CT molecular complexity index is 515. The van der Waals surface area contributed by atoms with Gasteiger partial charge in [0.2, 0.25) is 0 Å². The Labute approximate surface area is 126 Å². The maximum Gasteiger partial charge on any atom is 0.323 e. The first-order chi connectivity index (χ1) is 10.00. The maximum atomic E-state index is 11.6. The van der Waals surface area contributed by atoms with Crippen LogP contribution in [0.2, 0.25) is 0 Å². The van der Waals surface area contributed by atoms with Crippen LogP contribution in [0.1, 0.15) is 56.7 Å². The van der Waals surface area contributed by atoms with E-state index in [4.69, 9.17) is 4.74 Å². The number of aliphatic carboxylic acids is 1. The second-order valence-electron chi connectivity index (χ2n) is 6.04. The van der Waals surface area contributed by atoms with Gasteiger partial charge in [0.15, 0.2) is 0 Å². The van der Waals surface area contributed by atoms with Gasteiger partial charge in [-0.05, 0) is 55.9 Å². The highest BCUT2D eigenvalue weighted by Gasteiger charge is 2.35. The molecule has 0 aromatic heterocycles. The second-order valence-corrected chi connectivity index (χ2v) is 6.04. The van der Waals surface area contributed by atoms with Crippen molar-refractivity contribution >= 4 is 5.97 Å². The molecular weight excluding hydrogens is 266 g/mol. The summed E-state index contributed by atoms with van der Waals surface area (Å²) in [5, 5.41) is 12.9. The fraction of sp³-hybridized carbons (Fsp3) is 0.588. The highest BCUT2D eigenvalue weighted by Crippen LogP contribution is 2.34. The van der Waals surface area contributed by atoms with Gasteiger partial charge in [-0.25, -0.2) is 0 Å². The molecule has 2 N–H and O–H groups in total. The number of rotatable bonds is 6. The van der Waals surface area contributed by atoms with Crippen LogP contribution >= 0.6 is 0 Å². The Morgan fingerprint density at radius 3 is 2.90 bits per heavy atom. The minimum atomic E-state index is -0.867. The third kappa shape index (κ3) is 3.38. The molecule has 4 heteroatoms. The van der Waals surface area contributed by atoms with Crippen LogP contribution in [-0.2, 0) is 11.2 Å². The SMILES string of the molecule is CCCC(C)(NC1CCCc2cc(OC)ccc21)C(=O)O. The number of ether oxygens (including phenoxy) is 1. The van der Waals surface area contributed by atoms with E-state index in [-0.39, 0.29) is 6.04 Å². The summed E-state index contributed by atoms with van der Waals surface area (Å²) >= 11 is 0. The normalized spacial score (nSPS) is 20.4. The predicted molar refractivity (Wildman–Crippen MR) is 82.8 cm³/mol. The lowest BCUT2D eigenvalue weighted by Gasteiger charge is -2.35. The maximum absolute atomic E-state index is 11.6. The molecule has 0 amide bonds. The number of nitrogens with one attached hydrogen (secondary N) is 1. The molecule has 116 valence electrons. The van der Waals surface area contributed by atoms with Crippen molar-refractivity contribution in [2.24, 2.45) is 0 Å². The highest BCUT2D eigenvalue weighted by molar-refractivity contribution is 5.78. The van der Waals surface area contributed by atoms with Crippen molar-refractivity contribution in [1.29, 1.82) is 0 Å². The van der Waals surface area contributed by atoms with Gasteiger partial charge in [0.05, 0.1) is 7.11 Å². The van der Waals surface area contributed by atoms with Crippen molar-refractivity contribution in [3.63, 3.8) is 0 Å². The summed E-state index contributed by atoms with van der Waals surface area (Å²) in [6, 6.07) is 6.20. The van der Waals surface area contributed by atoms with Crippen LogP contribution in [0, 0.1) is 0 Å². The molecule has 1 aliphatic rings. The zero-order valence-corrected chi connectivity index (χ0v) is 13.1.